The molecule has 1 heterocycles. The van der Waals surface area contributed by atoms with Crippen molar-refractivity contribution in [1.82, 2.24) is 4.98 Å². The van der Waals surface area contributed by atoms with Gasteiger partial charge in [0.2, 0.25) is 0 Å². The van der Waals surface area contributed by atoms with Crippen LogP contribution < -0.4 is 10.1 Å². The predicted octanol–water partition coefficient (Wildman–Crippen LogP) is 5.08. The van der Waals surface area contributed by atoms with Crippen molar-refractivity contribution in [3.8, 4) is 16.9 Å². The second-order valence-corrected chi connectivity index (χ2v) is 6.41. The normalized spacial score (nSPS) is 10.5. The van der Waals surface area contributed by atoms with Crippen LogP contribution in [0.2, 0.25) is 4.47 Å². The van der Waals surface area contributed by atoms with Crippen molar-refractivity contribution in [2.75, 3.05) is 12.4 Å². The Bertz CT molecular complexity index is 758. The number of thiazole rings is 1. The maximum Gasteiger partial charge on any atom is 0.183 e. The Morgan fingerprint density at radius 2 is 2.00 bits per heavy atom. The van der Waals surface area contributed by atoms with Crippen LogP contribution in [0.25, 0.3) is 11.1 Å². The van der Waals surface area contributed by atoms with E-state index in [1.165, 1.54) is 11.3 Å². The van der Waals surface area contributed by atoms with Crippen molar-refractivity contribution < 1.29 is 4.74 Å². The Morgan fingerprint density at radius 1 is 1.18 bits per heavy atom. The molecule has 0 bridgehead atoms. The van der Waals surface area contributed by atoms with Gasteiger partial charge in [0.05, 0.1) is 13.7 Å². The highest BCUT2D eigenvalue weighted by Gasteiger charge is 2.07. The lowest BCUT2D eigenvalue weighted by Gasteiger charge is -2.12. The summed E-state index contributed by atoms with van der Waals surface area (Å²) in [7, 11) is 1.69. The predicted molar refractivity (Wildman–Crippen MR) is 92.9 cm³/mol. The van der Waals surface area contributed by atoms with Crippen LogP contribution in [-0.2, 0) is 6.54 Å². The zero-order valence-electron chi connectivity index (χ0n) is 12.0. The molecule has 0 aliphatic rings. The Labute approximate surface area is 138 Å². The van der Waals surface area contributed by atoms with E-state index in [2.05, 4.69) is 28.5 Å². The summed E-state index contributed by atoms with van der Waals surface area (Å²) in [6, 6.07) is 16.3. The fourth-order valence-corrected chi connectivity index (χ4v) is 3.13. The number of rotatable bonds is 5. The van der Waals surface area contributed by atoms with Crippen LogP contribution >= 0.6 is 22.9 Å². The van der Waals surface area contributed by atoms with Gasteiger partial charge in [0.25, 0.3) is 0 Å². The molecule has 0 saturated heterocycles. The van der Waals surface area contributed by atoms with E-state index in [0.717, 1.165) is 27.4 Å². The number of methoxy groups -OCH3 is 1. The molecule has 5 heteroatoms. The van der Waals surface area contributed by atoms with Gasteiger partial charge in [-0.3, -0.25) is 0 Å². The van der Waals surface area contributed by atoms with Crippen molar-refractivity contribution in [1.29, 1.82) is 0 Å². The maximum absolute atomic E-state index is 5.84. The molecule has 3 nitrogen and oxygen atoms in total. The zero-order valence-corrected chi connectivity index (χ0v) is 13.6. The Kier molecular flexibility index (Phi) is 4.61. The van der Waals surface area contributed by atoms with Gasteiger partial charge in [-0.05, 0) is 17.7 Å². The molecule has 0 atom stereocenters. The van der Waals surface area contributed by atoms with Gasteiger partial charge < -0.3 is 10.1 Å². The number of nitrogens with one attached hydrogen (secondary N) is 1. The largest absolute Gasteiger partial charge is 0.496 e. The van der Waals surface area contributed by atoms with Crippen LogP contribution in [0.15, 0.2) is 54.7 Å². The second-order valence-electron chi connectivity index (χ2n) is 4.71. The minimum absolute atomic E-state index is 0.564. The molecule has 1 aromatic heterocycles. The van der Waals surface area contributed by atoms with E-state index in [1.807, 2.05) is 30.3 Å². The lowest BCUT2D eigenvalue weighted by Crippen LogP contribution is -1.98. The monoisotopic (exact) mass is 330 g/mol. The van der Waals surface area contributed by atoms with Crippen LogP contribution in [0.5, 0.6) is 5.75 Å². The molecule has 0 saturated carbocycles. The van der Waals surface area contributed by atoms with Crippen molar-refractivity contribution in [3.63, 3.8) is 0 Å². The molecular formula is C17H15ClN2OS. The topological polar surface area (TPSA) is 34.1 Å². The molecule has 2 aromatic carbocycles. The van der Waals surface area contributed by atoms with Crippen LogP contribution in [0.4, 0.5) is 5.69 Å². The summed E-state index contributed by atoms with van der Waals surface area (Å²) in [4.78, 5) is 5.13. The second kappa shape index (κ2) is 6.81. The summed E-state index contributed by atoms with van der Waals surface area (Å²) in [5.74, 6) is 0.846. The fourth-order valence-electron chi connectivity index (χ4n) is 2.21. The lowest BCUT2D eigenvalue weighted by atomic mass is 10.0. The van der Waals surface area contributed by atoms with Gasteiger partial charge in [-0.1, -0.05) is 41.9 Å². The van der Waals surface area contributed by atoms with Gasteiger partial charge in [0.1, 0.15) is 5.75 Å². The van der Waals surface area contributed by atoms with Gasteiger partial charge in [0.15, 0.2) is 4.47 Å². The van der Waals surface area contributed by atoms with Crippen molar-refractivity contribution >= 4 is 28.6 Å². The molecule has 0 fully saturated rings. The molecule has 0 radical (unpaired) electrons. The third-order valence-corrected chi connectivity index (χ3v) is 4.39. The van der Waals surface area contributed by atoms with Gasteiger partial charge >= 0.3 is 0 Å². The lowest BCUT2D eigenvalue weighted by molar-refractivity contribution is 0.416. The summed E-state index contributed by atoms with van der Waals surface area (Å²) in [5.41, 5.74) is 3.22. The van der Waals surface area contributed by atoms with E-state index in [-0.39, 0.29) is 0 Å². The summed E-state index contributed by atoms with van der Waals surface area (Å²) in [6.07, 6.45) is 1.79. The smallest absolute Gasteiger partial charge is 0.183 e. The number of anilines is 1. The van der Waals surface area contributed by atoms with Crippen LogP contribution in [-0.4, -0.2) is 12.1 Å². The molecule has 1 N–H and O–H groups in total. The Balaban J connectivity index is 1.79. The SMILES string of the molecule is COc1cc(NCc2cnc(Cl)s2)ccc1-c1ccccc1. The summed E-state index contributed by atoms with van der Waals surface area (Å²) >= 11 is 7.32. The number of nitrogens with zero attached hydrogens (tertiary/aromatic N) is 1. The van der Waals surface area contributed by atoms with Crippen LogP contribution in [0, 0.1) is 0 Å². The highest BCUT2D eigenvalue weighted by atomic mass is 35.5. The van der Waals surface area contributed by atoms with Crippen LogP contribution in [0.1, 0.15) is 4.88 Å². The summed E-state index contributed by atoms with van der Waals surface area (Å²) in [5, 5.41) is 3.36. The van der Waals surface area contributed by atoms with Crippen molar-refractivity contribution in [2.24, 2.45) is 0 Å². The molecule has 0 aliphatic heterocycles. The van der Waals surface area contributed by atoms with Crippen molar-refractivity contribution in [3.05, 3.63) is 64.1 Å². The standard InChI is InChI=1S/C17H15ClN2OS/c1-21-16-9-13(19-10-14-11-20-17(18)22-14)7-8-15(16)12-5-3-2-4-6-12/h2-9,11,19H,10H2,1H3. The average molecular weight is 331 g/mol. The van der Waals surface area contributed by atoms with E-state index < -0.39 is 0 Å². The summed E-state index contributed by atoms with van der Waals surface area (Å²) in [6.45, 7) is 0.693. The Morgan fingerprint density at radius 3 is 2.68 bits per heavy atom. The maximum atomic E-state index is 5.84. The highest BCUT2D eigenvalue weighted by molar-refractivity contribution is 7.15. The number of aromatic nitrogens is 1. The van der Waals surface area contributed by atoms with E-state index in [4.69, 9.17) is 16.3 Å². The average Bonchev–Trinajstić information content (AvgIpc) is 2.99. The zero-order chi connectivity index (χ0) is 15.4. The van der Waals surface area contributed by atoms with E-state index in [9.17, 15) is 0 Å². The van der Waals surface area contributed by atoms with Gasteiger partial charge in [-0.25, -0.2) is 4.98 Å². The molecule has 3 aromatic rings. The van der Waals surface area contributed by atoms with E-state index in [0.29, 0.717) is 11.0 Å². The number of halogens is 1. The third kappa shape index (κ3) is 3.40. The first-order chi connectivity index (χ1) is 10.8. The molecule has 112 valence electrons. The quantitative estimate of drug-likeness (QED) is 0.708. The third-order valence-electron chi connectivity index (χ3n) is 3.28. The molecule has 0 spiro atoms. The number of hydrogen-bond acceptors (Lipinski definition) is 4. The first-order valence-electron chi connectivity index (χ1n) is 6.84. The molecule has 22 heavy (non-hydrogen) atoms. The number of benzene rings is 2. The number of ether oxygens (including phenoxy) is 1. The molecule has 3 rings (SSSR count). The summed E-state index contributed by atoms with van der Waals surface area (Å²) < 4.78 is 6.09. The fraction of sp³-hybridized carbons (Fsp3) is 0.118. The van der Waals surface area contributed by atoms with Gasteiger partial charge in [-0.15, -0.1) is 11.3 Å². The minimum Gasteiger partial charge on any atom is -0.496 e. The van der Waals surface area contributed by atoms with E-state index >= 15 is 0 Å². The first-order valence-corrected chi connectivity index (χ1v) is 8.03. The van der Waals surface area contributed by atoms with Crippen LogP contribution in [0.3, 0.4) is 0 Å². The first kappa shape index (κ1) is 14.9. The molecular weight excluding hydrogens is 316 g/mol. The molecule has 0 aliphatic carbocycles. The Hall–Kier alpha value is -2.04. The molecule has 0 unspecified atom stereocenters. The van der Waals surface area contributed by atoms with Gasteiger partial charge in [-0.2, -0.15) is 0 Å². The van der Waals surface area contributed by atoms with E-state index in [1.54, 1.807) is 13.3 Å². The minimum atomic E-state index is 0.564. The van der Waals surface area contributed by atoms with Gasteiger partial charge in [0, 0.05) is 28.4 Å². The number of hydrogen-bond donors (Lipinski definition) is 1. The highest BCUT2D eigenvalue weighted by Crippen LogP contribution is 2.32. The molecule has 0 amide bonds. The van der Waals surface area contributed by atoms with Crippen molar-refractivity contribution in [2.45, 2.75) is 6.54 Å².